The van der Waals surface area contributed by atoms with E-state index in [0.717, 1.165) is 33.6 Å². The average molecular weight is 419 g/mol. The molecule has 0 saturated carbocycles. The van der Waals surface area contributed by atoms with Gasteiger partial charge in [-0.3, -0.25) is 10.1 Å². The maximum absolute atomic E-state index is 11.5. The minimum absolute atomic E-state index is 0.109. The zero-order valence-electron chi connectivity index (χ0n) is 17.4. The fraction of sp³-hybridized carbons (Fsp3) is 0.182. The lowest BCUT2D eigenvalue weighted by Gasteiger charge is -2.14. The van der Waals surface area contributed by atoms with Crippen LogP contribution < -0.4 is 22.1 Å². The third kappa shape index (κ3) is 5.41. The molecule has 1 aromatic heterocycles. The average Bonchev–Trinajstić information content (AvgIpc) is 2.75. The molecule has 31 heavy (non-hydrogen) atoms. The molecule has 0 spiro atoms. The molecule has 0 saturated heterocycles. The first-order valence-electron chi connectivity index (χ1n) is 9.73. The van der Waals surface area contributed by atoms with Crippen LogP contribution in [0, 0.1) is 24.0 Å². The number of aromatic nitrogens is 2. The Kier molecular flexibility index (Phi) is 6.91. The molecule has 0 aliphatic carbocycles. The van der Waals surface area contributed by atoms with Crippen LogP contribution in [0.5, 0.6) is 0 Å². The van der Waals surface area contributed by atoms with Crippen molar-refractivity contribution in [2.75, 3.05) is 17.2 Å². The maximum atomic E-state index is 11.5. The van der Waals surface area contributed by atoms with Crippen molar-refractivity contribution in [1.29, 1.82) is 0 Å². The second-order valence-electron chi connectivity index (χ2n) is 7.00. The second-order valence-corrected chi connectivity index (χ2v) is 7.00. The van der Waals surface area contributed by atoms with E-state index in [-0.39, 0.29) is 17.5 Å². The molecule has 160 valence electrons. The zero-order valence-corrected chi connectivity index (χ0v) is 17.4. The van der Waals surface area contributed by atoms with Crippen molar-refractivity contribution in [1.82, 2.24) is 9.97 Å². The third-order valence-electron chi connectivity index (χ3n) is 4.66. The number of hydrogen-bond acceptors (Lipinski definition) is 8. The molecule has 0 unspecified atom stereocenters. The molecule has 0 aliphatic heterocycles. The summed E-state index contributed by atoms with van der Waals surface area (Å²) < 4.78 is 0. The van der Waals surface area contributed by atoms with Crippen LogP contribution in [0.25, 0.3) is 6.08 Å². The van der Waals surface area contributed by atoms with E-state index in [4.69, 9.17) is 11.5 Å². The SMILES string of the molecule is Cc1cc(/C=C/CN)cc(C)c1Nc1nc(Nc2ccc(CN)cc2)ncc1[N+](=O)[O-]. The highest BCUT2D eigenvalue weighted by Crippen LogP contribution is 2.31. The molecule has 0 fully saturated rings. The molecular formula is C22H25N7O2. The number of nitrogens with two attached hydrogens (primary N) is 2. The lowest BCUT2D eigenvalue weighted by atomic mass is 10.0. The molecule has 6 N–H and O–H groups in total. The van der Waals surface area contributed by atoms with Gasteiger partial charge in [0.05, 0.1) is 4.92 Å². The van der Waals surface area contributed by atoms with Gasteiger partial charge in [0.2, 0.25) is 11.8 Å². The van der Waals surface area contributed by atoms with Crippen LogP contribution in [0.2, 0.25) is 0 Å². The van der Waals surface area contributed by atoms with Gasteiger partial charge in [0.25, 0.3) is 0 Å². The standard InChI is InChI=1S/C22H25N7O2/c1-14-10-17(4-3-9-23)11-15(2)20(14)27-21-19(29(30)31)13-25-22(28-21)26-18-7-5-16(12-24)6-8-18/h3-8,10-11,13H,9,12,23-24H2,1-2H3,(H2,25,26,27,28)/b4-3+. The van der Waals surface area contributed by atoms with Gasteiger partial charge in [-0.25, -0.2) is 4.98 Å². The van der Waals surface area contributed by atoms with Crippen molar-refractivity contribution < 1.29 is 4.92 Å². The summed E-state index contributed by atoms with van der Waals surface area (Å²) in [7, 11) is 0. The quantitative estimate of drug-likeness (QED) is 0.317. The molecule has 0 aliphatic rings. The molecule has 3 aromatic rings. The predicted octanol–water partition coefficient (Wildman–Crippen LogP) is 3.92. The largest absolute Gasteiger partial charge is 0.334 e. The first kappa shape index (κ1) is 21.9. The number of nitro groups is 1. The minimum Gasteiger partial charge on any atom is -0.334 e. The Morgan fingerprint density at radius 1 is 1.10 bits per heavy atom. The van der Waals surface area contributed by atoms with Gasteiger partial charge in [-0.1, -0.05) is 24.3 Å². The van der Waals surface area contributed by atoms with Crippen LogP contribution in [0.1, 0.15) is 22.3 Å². The molecule has 0 atom stereocenters. The Morgan fingerprint density at radius 2 is 1.77 bits per heavy atom. The number of benzene rings is 2. The first-order chi connectivity index (χ1) is 14.9. The van der Waals surface area contributed by atoms with Gasteiger partial charge in [-0.05, 0) is 60.4 Å². The normalized spacial score (nSPS) is 11.0. The first-order valence-corrected chi connectivity index (χ1v) is 9.73. The van der Waals surface area contributed by atoms with E-state index >= 15 is 0 Å². The van der Waals surface area contributed by atoms with Crippen LogP contribution in [0.4, 0.5) is 28.8 Å². The molecule has 3 rings (SSSR count). The number of anilines is 4. The Bertz CT molecular complexity index is 1090. The van der Waals surface area contributed by atoms with E-state index in [0.29, 0.717) is 13.1 Å². The lowest BCUT2D eigenvalue weighted by molar-refractivity contribution is -0.384. The van der Waals surface area contributed by atoms with Crippen molar-refractivity contribution in [3.05, 3.63) is 81.0 Å². The van der Waals surface area contributed by atoms with Crippen LogP contribution >= 0.6 is 0 Å². The molecule has 0 radical (unpaired) electrons. The smallest absolute Gasteiger partial charge is 0.329 e. The van der Waals surface area contributed by atoms with E-state index in [2.05, 4.69) is 20.6 Å². The van der Waals surface area contributed by atoms with Gasteiger partial charge >= 0.3 is 5.69 Å². The van der Waals surface area contributed by atoms with E-state index in [1.807, 2.05) is 62.4 Å². The summed E-state index contributed by atoms with van der Waals surface area (Å²) in [4.78, 5) is 19.5. The summed E-state index contributed by atoms with van der Waals surface area (Å²) in [5.41, 5.74) is 16.3. The highest BCUT2D eigenvalue weighted by Gasteiger charge is 2.19. The van der Waals surface area contributed by atoms with E-state index < -0.39 is 4.92 Å². The number of aryl methyl sites for hydroxylation is 2. The molecular weight excluding hydrogens is 394 g/mol. The molecule has 0 bridgehead atoms. The number of hydrogen-bond donors (Lipinski definition) is 4. The molecule has 9 heteroatoms. The zero-order chi connectivity index (χ0) is 22.4. The fourth-order valence-corrected chi connectivity index (χ4v) is 3.13. The number of rotatable bonds is 8. The van der Waals surface area contributed by atoms with Crippen molar-refractivity contribution >= 4 is 34.9 Å². The highest BCUT2D eigenvalue weighted by molar-refractivity contribution is 5.73. The van der Waals surface area contributed by atoms with Gasteiger partial charge in [-0.15, -0.1) is 0 Å². The Hall–Kier alpha value is -3.82. The monoisotopic (exact) mass is 419 g/mol. The fourth-order valence-electron chi connectivity index (χ4n) is 3.13. The summed E-state index contributed by atoms with van der Waals surface area (Å²) in [5, 5.41) is 17.7. The van der Waals surface area contributed by atoms with Crippen molar-refractivity contribution in [2.45, 2.75) is 20.4 Å². The minimum atomic E-state index is -0.509. The topological polar surface area (TPSA) is 145 Å². The van der Waals surface area contributed by atoms with Crippen molar-refractivity contribution in [2.24, 2.45) is 11.5 Å². The lowest BCUT2D eigenvalue weighted by Crippen LogP contribution is -2.06. The summed E-state index contributed by atoms with van der Waals surface area (Å²) in [6.45, 7) is 4.76. The predicted molar refractivity (Wildman–Crippen MR) is 124 cm³/mol. The van der Waals surface area contributed by atoms with E-state index in [9.17, 15) is 10.1 Å². The van der Waals surface area contributed by atoms with Gasteiger partial charge in [0.1, 0.15) is 6.20 Å². The Labute approximate surface area is 180 Å². The van der Waals surface area contributed by atoms with Crippen LogP contribution in [0.3, 0.4) is 0 Å². The molecule has 0 amide bonds. The molecule has 2 aromatic carbocycles. The second kappa shape index (κ2) is 9.79. The van der Waals surface area contributed by atoms with Crippen molar-refractivity contribution in [3.63, 3.8) is 0 Å². The summed E-state index contributed by atoms with van der Waals surface area (Å²) in [6.07, 6.45) is 5.00. The van der Waals surface area contributed by atoms with Gasteiger partial charge in [0.15, 0.2) is 0 Å². The van der Waals surface area contributed by atoms with Crippen LogP contribution in [-0.4, -0.2) is 21.4 Å². The maximum Gasteiger partial charge on any atom is 0.329 e. The van der Waals surface area contributed by atoms with Gasteiger partial charge in [0, 0.05) is 24.5 Å². The van der Waals surface area contributed by atoms with Crippen LogP contribution in [-0.2, 0) is 6.54 Å². The summed E-state index contributed by atoms with van der Waals surface area (Å²) >= 11 is 0. The Morgan fingerprint density at radius 3 is 2.35 bits per heavy atom. The van der Waals surface area contributed by atoms with E-state index in [1.54, 1.807) is 0 Å². The Balaban J connectivity index is 1.93. The van der Waals surface area contributed by atoms with E-state index in [1.165, 1.54) is 6.20 Å². The van der Waals surface area contributed by atoms with Gasteiger partial charge < -0.3 is 22.1 Å². The van der Waals surface area contributed by atoms with Gasteiger partial charge in [-0.2, -0.15) is 4.98 Å². The summed E-state index contributed by atoms with van der Waals surface area (Å²) in [6, 6.07) is 11.4. The highest BCUT2D eigenvalue weighted by atomic mass is 16.6. The molecule has 9 nitrogen and oxygen atoms in total. The number of nitrogens with one attached hydrogen (secondary N) is 2. The van der Waals surface area contributed by atoms with Crippen molar-refractivity contribution in [3.8, 4) is 0 Å². The molecule has 1 heterocycles. The number of nitrogens with zero attached hydrogens (tertiary/aromatic N) is 3. The van der Waals surface area contributed by atoms with Crippen LogP contribution in [0.15, 0.2) is 48.7 Å². The summed E-state index contributed by atoms with van der Waals surface area (Å²) in [5.74, 6) is 0.351. The third-order valence-corrected chi connectivity index (χ3v) is 4.66.